The Bertz CT molecular complexity index is 96.3. The van der Waals surface area contributed by atoms with Crippen molar-refractivity contribution in [2.24, 2.45) is 5.92 Å². The molecule has 4 rings (SSSR count). The number of rotatable bonds is 0. The highest BCUT2D eigenvalue weighted by Gasteiger charge is 2.42. The van der Waals surface area contributed by atoms with Gasteiger partial charge in [-0.05, 0) is 55.3 Å². The Balaban J connectivity index is 1.90. The van der Waals surface area contributed by atoms with E-state index in [1.807, 2.05) is 5.92 Å². The van der Waals surface area contributed by atoms with Crippen LogP contribution in [0.2, 0.25) is 0 Å². The molecule has 0 aromatic heterocycles. The lowest BCUT2D eigenvalue weighted by Crippen LogP contribution is -2.37. The first-order chi connectivity index (χ1) is 4.90. The summed E-state index contributed by atoms with van der Waals surface area (Å²) in [6, 6.07) is 0. The van der Waals surface area contributed by atoms with Gasteiger partial charge >= 0.3 is 0 Å². The van der Waals surface area contributed by atoms with Gasteiger partial charge < -0.3 is 0 Å². The molecule has 0 aromatic rings. The molecule has 10 heavy (non-hydrogen) atoms. The summed E-state index contributed by atoms with van der Waals surface area (Å²) in [5.41, 5.74) is 2.34. The monoisotopic (exact) mass is 153 g/mol. The summed E-state index contributed by atoms with van der Waals surface area (Å²) in [7, 11) is 1.35. The first-order valence-corrected chi connectivity index (χ1v) is 5.65. The highest BCUT2D eigenvalue weighted by atomic mass is 31.1. The molecule has 2 heterocycles. The van der Waals surface area contributed by atoms with Gasteiger partial charge in [-0.1, -0.05) is 0 Å². The third kappa shape index (κ3) is 0.780. The highest BCUT2D eigenvalue weighted by molar-refractivity contribution is 7.40. The van der Waals surface area contributed by atoms with Crippen LogP contribution in [0, 0.1) is 11.8 Å². The van der Waals surface area contributed by atoms with E-state index in [2.05, 4.69) is 0 Å². The molecule has 2 aliphatic heterocycles. The molecule has 4 fully saturated rings. The lowest BCUT2D eigenvalue weighted by Gasteiger charge is -2.49. The molecule has 2 atom stereocenters. The predicted molar refractivity (Wildman–Crippen MR) is 45.7 cm³/mol. The van der Waals surface area contributed by atoms with E-state index in [1.54, 1.807) is 12.8 Å². The predicted octanol–water partition coefficient (Wildman–Crippen LogP) is 2.58. The smallest absolute Gasteiger partial charge is 0.0226 e. The van der Waals surface area contributed by atoms with Crippen molar-refractivity contribution >= 4 is 8.58 Å². The van der Waals surface area contributed by atoms with Gasteiger partial charge in [0.05, 0.1) is 0 Å². The molecule has 2 saturated carbocycles. The molecule has 0 N–H and O–H groups in total. The molecule has 1 heteroatoms. The Morgan fingerprint density at radius 1 is 1.00 bits per heavy atom. The number of hydrogen-bond acceptors (Lipinski definition) is 0. The molecular formula is C9H14P. The maximum Gasteiger partial charge on any atom is -0.0226 e. The summed E-state index contributed by atoms with van der Waals surface area (Å²) in [4.78, 5) is 0. The van der Waals surface area contributed by atoms with Crippen molar-refractivity contribution in [3.05, 3.63) is 5.92 Å². The maximum atomic E-state index is 1.94. The summed E-state index contributed by atoms with van der Waals surface area (Å²) >= 11 is 0. The Hall–Kier alpha value is 0.430. The lowest BCUT2D eigenvalue weighted by molar-refractivity contribution is 0.285. The molecule has 4 aliphatic rings. The van der Waals surface area contributed by atoms with Crippen LogP contribution in [0.4, 0.5) is 0 Å². The quantitative estimate of drug-likeness (QED) is 0.469. The molecule has 1 radical (unpaired) electrons. The van der Waals surface area contributed by atoms with Gasteiger partial charge in [-0.15, -0.1) is 8.58 Å². The standard InChI is InChI=1S/C9H14P/c1-6-2-8-4-7(1)5-9(3-6)10-8/h6,8-10H,1-5H2. The van der Waals surface area contributed by atoms with Gasteiger partial charge in [-0.3, -0.25) is 0 Å². The minimum Gasteiger partial charge on any atom is -0.116 e. The second-order valence-corrected chi connectivity index (χ2v) is 6.23. The maximum absolute atomic E-state index is 1.94. The molecule has 2 aliphatic carbocycles. The summed E-state index contributed by atoms with van der Waals surface area (Å²) in [6.45, 7) is 0. The summed E-state index contributed by atoms with van der Waals surface area (Å²) in [5, 5.41) is 0. The van der Waals surface area contributed by atoms with Gasteiger partial charge in [0.1, 0.15) is 0 Å². The van der Waals surface area contributed by atoms with Crippen molar-refractivity contribution < 1.29 is 0 Å². The van der Waals surface area contributed by atoms with Crippen molar-refractivity contribution in [3.8, 4) is 0 Å². The van der Waals surface area contributed by atoms with Gasteiger partial charge in [-0.2, -0.15) is 0 Å². The lowest BCUT2D eigenvalue weighted by atomic mass is 9.71. The zero-order valence-corrected chi connectivity index (χ0v) is 7.27. The fraction of sp³-hybridized carbons (Fsp3) is 0.889. The zero-order chi connectivity index (χ0) is 6.55. The second-order valence-electron chi connectivity index (χ2n) is 4.26. The zero-order valence-electron chi connectivity index (χ0n) is 6.27. The SMILES string of the molecule is C1[C]2CC3CC1CC(C2)P3. The normalized spacial score (nSPS) is 54.6. The average molecular weight is 153 g/mol. The van der Waals surface area contributed by atoms with E-state index < -0.39 is 0 Å². The molecule has 2 saturated heterocycles. The molecular weight excluding hydrogens is 139 g/mol. The van der Waals surface area contributed by atoms with Crippen molar-refractivity contribution in [1.29, 1.82) is 0 Å². The first-order valence-electron chi connectivity index (χ1n) is 4.50. The van der Waals surface area contributed by atoms with Crippen LogP contribution in [0.15, 0.2) is 0 Å². The average Bonchev–Trinajstić information content (AvgIpc) is 1.82. The van der Waals surface area contributed by atoms with Crippen LogP contribution in [0.25, 0.3) is 0 Å². The van der Waals surface area contributed by atoms with E-state index in [0.717, 1.165) is 5.92 Å². The highest BCUT2D eigenvalue weighted by Crippen LogP contribution is 2.57. The van der Waals surface area contributed by atoms with Crippen LogP contribution in [-0.4, -0.2) is 11.3 Å². The third-order valence-corrected chi connectivity index (χ3v) is 5.18. The van der Waals surface area contributed by atoms with Crippen molar-refractivity contribution in [1.82, 2.24) is 0 Å². The summed E-state index contributed by atoms with van der Waals surface area (Å²) in [5.74, 6) is 3.09. The van der Waals surface area contributed by atoms with Crippen molar-refractivity contribution in [2.75, 3.05) is 0 Å². The molecule has 0 aromatic carbocycles. The Kier molecular flexibility index (Phi) is 1.18. The van der Waals surface area contributed by atoms with Crippen LogP contribution in [-0.2, 0) is 0 Å². The fourth-order valence-electron chi connectivity index (χ4n) is 3.18. The van der Waals surface area contributed by atoms with Gasteiger partial charge in [0.25, 0.3) is 0 Å². The fourth-order valence-corrected chi connectivity index (χ4v) is 5.60. The van der Waals surface area contributed by atoms with Crippen LogP contribution in [0.3, 0.4) is 0 Å². The summed E-state index contributed by atoms with van der Waals surface area (Å²) in [6.07, 6.45) is 7.78. The van der Waals surface area contributed by atoms with Crippen LogP contribution in [0.5, 0.6) is 0 Å². The molecule has 0 spiro atoms. The van der Waals surface area contributed by atoms with Gasteiger partial charge in [0.2, 0.25) is 0 Å². The van der Waals surface area contributed by atoms with E-state index >= 15 is 0 Å². The van der Waals surface area contributed by atoms with E-state index in [4.69, 9.17) is 0 Å². The Labute approximate surface area is 64.6 Å². The topological polar surface area (TPSA) is 0 Å². The molecule has 55 valence electrons. The third-order valence-electron chi connectivity index (χ3n) is 3.35. The molecule has 0 amide bonds. The largest absolute Gasteiger partial charge is 0.116 e. The van der Waals surface area contributed by atoms with E-state index in [-0.39, 0.29) is 0 Å². The number of hydrogen-bond donors (Lipinski definition) is 0. The minimum atomic E-state index is 1.15. The van der Waals surface area contributed by atoms with E-state index in [0.29, 0.717) is 0 Å². The van der Waals surface area contributed by atoms with Gasteiger partial charge in [0, 0.05) is 0 Å². The second kappa shape index (κ2) is 1.97. The van der Waals surface area contributed by atoms with E-state index in [1.165, 1.54) is 39.2 Å². The van der Waals surface area contributed by atoms with E-state index in [9.17, 15) is 0 Å². The Morgan fingerprint density at radius 3 is 2.20 bits per heavy atom. The van der Waals surface area contributed by atoms with Gasteiger partial charge in [0.15, 0.2) is 0 Å². The summed E-state index contributed by atoms with van der Waals surface area (Å²) < 4.78 is 0. The first kappa shape index (κ1) is 6.00. The molecule has 2 unspecified atom stereocenters. The molecule has 4 bridgehead atoms. The van der Waals surface area contributed by atoms with Crippen molar-refractivity contribution in [3.63, 3.8) is 0 Å². The van der Waals surface area contributed by atoms with Crippen LogP contribution < -0.4 is 0 Å². The molecule has 0 nitrogen and oxygen atoms in total. The van der Waals surface area contributed by atoms with Crippen molar-refractivity contribution in [2.45, 2.75) is 43.4 Å². The van der Waals surface area contributed by atoms with Crippen LogP contribution >= 0.6 is 8.58 Å². The van der Waals surface area contributed by atoms with Crippen LogP contribution in [0.1, 0.15) is 32.1 Å². The van der Waals surface area contributed by atoms with Gasteiger partial charge in [-0.25, -0.2) is 0 Å². The minimum absolute atomic E-state index is 1.15. The Morgan fingerprint density at radius 2 is 1.70 bits per heavy atom.